The van der Waals surface area contributed by atoms with Crippen molar-refractivity contribution in [1.29, 1.82) is 0 Å². The lowest BCUT2D eigenvalue weighted by molar-refractivity contribution is 0.102. The molecule has 25 heavy (non-hydrogen) atoms. The van der Waals surface area contributed by atoms with Crippen molar-refractivity contribution >= 4 is 35.1 Å². The van der Waals surface area contributed by atoms with E-state index < -0.39 is 0 Å². The van der Waals surface area contributed by atoms with Gasteiger partial charge in [0, 0.05) is 22.8 Å². The van der Waals surface area contributed by atoms with E-state index in [1.807, 2.05) is 66.0 Å². The van der Waals surface area contributed by atoms with Gasteiger partial charge in [-0.1, -0.05) is 42.5 Å². The number of hydrogen-bond acceptors (Lipinski definition) is 4. The van der Waals surface area contributed by atoms with Crippen LogP contribution in [0.2, 0.25) is 0 Å². The van der Waals surface area contributed by atoms with Gasteiger partial charge in [0.15, 0.2) is 0 Å². The van der Waals surface area contributed by atoms with Crippen molar-refractivity contribution in [3.8, 4) is 11.3 Å². The highest BCUT2D eigenvalue weighted by Crippen LogP contribution is 2.45. The van der Waals surface area contributed by atoms with Crippen LogP contribution in [-0.2, 0) is 0 Å². The van der Waals surface area contributed by atoms with Gasteiger partial charge in [0.25, 0.3) is 5.91 Å². The monoisotopic (exact) mass is 367 g/mol. The molecule has 0 radical (unpaired) electrons. The molecule has 1 saturated heterocycles. The van der Waals surface area contributed by atoms with Gasteiger partial charge in [-0.25, -0.2) is 0 Å². The van der Waals surface area contributed by atoms with E-state index >= 15 is 0 Å². The molecule has 0 bridgehead atoms. The van der Waals surface area contributed by atoms with Crippen LogP contribution in [0.5, 0.6) is 0 Å². The molecule has 1 aromatic heterocycles. The molecule has 4 nitrogen and oxygen atoms in total. The maximum absolute atomic E-state index is 12.7. The Balaban J connectivity index is 1.55. The predicted molar refractivity (Wildman–Crippen MR) is 106 cm³/mol. The average Bonchev–Trinajstić information content (AvgIpc) is 3.34. The number of carbonyl (C=O) groups excluding carboxylic acids is 1. The number of rotatable bonds is 4. The fourth-order valence-electron chi connectivity index (χ4n) is 2.80. The Morgan fingerprint density at radius 2 is 1.88 bits per heavy atom. The summed E-state index contributed by atoms with van der Waals surface area (Å²) in [4.78, 5) is 12.7. The first-order valence-electron chi connectivity index (χ1n) is 8.04. The minimum atomic E-state index is -0.156. The largest absolute Gasteiger partial charge is 0.322 e. The molecule has 0 atom stereocenters. The van der Waals surface area contributed by atoms with Crippen LogP contribution >= 0.6 is 23.5 Å². The van der Waals surface area contributed by atoms with Crippen molar-refractivity contribution in [3.05, 3.63) is 71.9 Å². The van der Waals surface area contributed by atoms with E-state index in [1.54, 1.807) is 6.20 Å². The fourth-order valence-corrected chi connectivity index (χ4v) is 5.63. The van der Waals surface area contributed by atoms with Gasteiger partial charge in [-0.2, -0.15) is 5.10 Å². The summed E-state index contributed by atoms with van der Waals surface area (Å²) in [5.74, 6) is 2.21. The van der Waals surface area contributed by atoms with Crippen LogP contribution in [0.15, 0.2) is 60.8 Å². The zero-order valence-electron chi connectivity index (χ0n) is 13.4. The first kappa shape index (κ1) is 16.3. The molecule has 126 valence electrons. The predicted octanol–water partition coefficient (Wildman–Crippen LogP) is 4.81. The summed E-state index contributed by atoms with van der Waals surface area (Å²) in [6, 6.07) is 17.9. The number of amides is 1. The van der Waals surface area contributed by atoms with Crippen molar-refractivity contribution in [2.75, 3.05) is 16.8 Å². The number of H-pyrrole nitrogens is 1. The van der Waals surface area contributed by atoms with Crippen molar-refractivity contribution in [1.82, 2.24) is 10.2 Å². The molecule has 2 N–H and O–H groups in total. The summed E-state index contributed by atoms with van der Waals surface area (Å²) in [5.41, 5.74) is 4.28. The number of nitrogens with zero attached hydrogens (tertiary/aromatic N) is 1. The Morgan fingerprint density at radius 1 is 1.08 bits per heavy atom. The van der Waals surface area contributed by atoms with Gasteiger partial charge in [0.2, 0.25) is 0 Å². The molecule has 1 fully saturated rings. The zero-order valence-corrected chi connectivity index (χ0v) is 15.1. The van der Waals surface area contributed by atoms with Crippen LogP contribution in [0.25, 0.3) is 11.3 Å². The number of aromatic amines is 1. The molecule has 0 unspecified atom stereocenters. The number of carbonyl (C=O) groups is 1. The maximum atomic E-state index is 12.7. The number of thioether (sulfide) groups is 2. The van der Waals surface area contributed by atoms with Crippen LogP contribution in [-0.4, -0.2) is 27.6 Å². The first-order chi connectivity index (χ1) is 12.3. The summed E-state index contributed by atoms with van der Waals surface area (Å²) >= 11 is 3.91. The number of benzene rings is 2. The molecule has 2 aromatic carbocycles. The van der Waals surface area contributed by atoms with E-state index in [0.717, 1.165) is 16.9 Å². The summed E-state index contributed by atoms with van der Waals surface area (Å²) in [6.07, 6.45) is 1.57. The minimum Gasteiger partial charge on any atom is -0.322 e. The SMILES string of the molecule is O=C(Nc1cccc(C2SCCS2)c1)c1cn[nH]c1-c1ccccc1. The highest BCUT2D eigenvalue weighted by atomic mass is 32.2. The van der Waals surface area contributed by atoms with Crippen molar-refractivity contribution in [2.45, 2.75) is 4.58 Å². The van der Waals surface area contributed by atoms with Gasteiger partial charge >= 0.3 is 0 Å². The van der Waals surface area contributed by atoms with Gasteiger partial charge in [-0.15, -0.1) is 23.5 Å². The van der Waals surface area contributed by atoms with E-state index in [9.17, 15) is 4.79 Å². The second-order valence-electron chi connectivity index (χ2n) is 5.68. The Morgan fingerprint density at radius 3 is 2.68 bits per heavy atom. The van der Waals surface area contributed by atoms with Gasteiger partial charge < -0.3 is 5.32 Å². The third-order valence-corrected chi connectivity index (χ3v) is 7.09. The molecule has 0 aliphatic carbocycles. The average molecular weight is 367 g/mol. The molecule has 4 rings (SSSR count). The zero-order chi connectivity index (χ0) is 17.1. The number of anilines is 1. The van der Waals surface area contributed by atoms with Gasteiger partial charge in [-0.05, 0) is 17.7 Å². The van der Waals surface area contributed by atoms with E-state index in [0.29, 0.717) is 10.1 Å². The third-order valence-electron chi connectivity index (χ3n) is 3.98. The molecule has 6 heteroatoms. The molecule has 0 saturated carbocycles. The lowest BCUT2D eigenvalue weighted by Crippen LogP contribution is -2.12. The lowest BCUT2D eigenvalue weighted by Gasteiger charge is -2.11. The summed E-state index contributed by atoms with van der Waals surface area (Å²) in [7, 11) is 0. The van der Waals surface area contributed by atoms with Gasteiger partial charge in [-0.3, -0.25) is 9.89 Å². The molecule has 0 spiro atoms. The third kappa shape index (κ3) is 3.60. The van der Waals surface area contributed by atoms with Crippen molar-refractivity contribution in [2.24, 2.45) is 0 Å². The van der Waals surface area contributed by atoms with E-state index in [4.69, 9.17) is 0 Å². The standard InChI is InChI=1S/C19H17N3OS2/c23-18(16-12-20-22-17(16)13-5-2-1-3-6-13)21-15-8-4-7-14(11-15)19-24-9-10-25-19/h1-8,11-12,19H,9-10H2,(H,20,22)(H,21,23). The summed E-state index contributed by atoms with van der Waals surface area (Å²) < 4.78 is 0.464. The van der Waals surface area contributed by atoms with Crippen LogP contribution in [0, 0.1) is 0 Å². The quantitative estimate of drug-likeness (QED) is 0.695. The van der Waals surface area contributed by atoms with Crippen LogP contribution in [0.3, 0.4) is 0 Å². The summed E-state index contributed by atoms with van der Waals surface area (Å²) in [5, 5.41) is 9.98. The number of aromatic nitrogens is 2. The van der Waals surface area contributed by atoms with E-state index in [2.05, 4.69) is 27.6 Å². The molecule has 3 aromatic rings. The Kier molecular flexibility index (Phi) is 4.81. The molecule has 1 aliphatic rings. The topological polar surface area (TPSA) is 57.8 Å². The normalized spacial score (nSPS) is 14.6. The van der Waals surface area contributed by atoms with Crippen molar-refractivity contribution < 1.29 is 4.79 Å². The Labute approximate surface area is 154 Å². The van der Waals surface area contributed by atoms with Crippen LogP contribution in [0.1, 0.15) is 20.5 Å². The van der Waals surface area contributed by atoms with Gasteiger partial charge in [0.1, 0.15) is 0 Å². The van der Waals surface area contributed by atoms with Gasteiger partial charge in [0.05, 0.1) is 22.0 Å². The smallest absolute Gasteiger partial charge is 0.259 e. The highest BCUT2D eigenvalue weighted by Gasteiger charge is 2.19. The number of nitrogens with one attached hydrogen (secondary N) is 2. The lowest BCUT2D eigenvalue weighted by atomic mass is 10.1. The Hall–Kier alpha value is -2.18. The highest BCUT2D eigenvalue weighted by molar-refractivity contribution is 8.19. The van der Waals surface area contributed by atoms with Crippen LogP contribution in [0.4, 0.5) is 5.69 Å². The maximum Gasteiger partial charge on any atom is 0.259 e. The first-order valence-corrected chi connectivity index (χ1v) is 10.1. The molecule has 2 heterocycles. The second kappa shape index (κ2) is 7.37. The molecular formula is C19H17N3OS2. The molecule has 1 aliphatic heterocycles. The van der Waals surface area contributed by atoms with E-state index in [1.165, 1.54) is 17.1 Å². The molecule has 1 amide bonds. The van der Waals surface area contributed by atoms with Crippen LogP contribution < -0.4 is 5.32 Å². The second-order valence-corrected chi connectivity index (χ2v) is 8.40. The van der Waals surface area contributed by atoms with Crippen molar-refractivity contribution in [3.63, 3.8) is 0 Å². The minimum absolute atomic E-state index is 0.156. The van der Waals surface area contributed by atoms with E-state index in [-0.39, 0.29) is 5.91 Å². The summed E-state index contributed by atoms with van der Waals surface area (Å²) in [6.45, 7) is 0. The number of hydrogen-bond donors (Lipinski definition) is 2. The Bertz CT molecular complexity index is 873. The fraction of sp³-hybridized carbons (Fsp3) is 0.158. The molecular weight excluding hydrogens is 350 g/mol.